The summed E-state index contributed by atoms with van der Waals surface area (Å²) < 4.78 is 0. The van der Waals surface area contributed by atoms with Crippen molar-refractivity contribution in [2.24, 2.45) is 0 Å². The van der Waals surface area contributed by atoms with Crippen LogP contribution in [0.4, 0.5) is 5.69 Å². The summed E-state index contributed by atoms with van der Waals surface area (Å²) in [6.45, 7) is 2.38. The molecule has 0 spiro atoms. The predicted octanol–water partition coefficient (Wildman–Crippen LogP) is 3.07. The van der Waals surface area contributed by atoms with E-state index >= 15 is 0 Å². The lowest BCUT2D eigenvalue weighted by Gasteiger charge is -2.28. The van der Waals surface area contributed by atoms with Gasteiger partial charge in [0.2, 0.25) is 11.8 Å². The Kier molecular flexibility index (Phi) is 7.01. The molecule has 0 radical (unpaired) electrons. The first-order chi connectivity index (χ1) is 13.1. The van der Waals surface area contributed by atoms with Gasteiger partial charge in [-0.15, -0.1) is 11.8 Å². The molecule has 1 aliphatic rings. The molecule has 2 N–H and O–H groups in total. The number of carbonyl (C=O) groups excluding carboxylic acids is 2. The van der Waals surface area contributed by atoms with Crippen LogP contribution in [0.3, 0.4) is 0 Å². The average molecular weight is 404 g/mol. The van der Waals surface area contributed by atoms with Crippen LogP contribution < -0.4 is 15.5 Å². The number of hydrogen-bond acceptors (Lipinski definition) is 4. The van der Waals surface area contributed by atoms with Crippen LogP contribution in [0.1, 0.15) is 12.0 Å². The highest BCUT2D eigenvalue weighted by Gasteiger charge is 2.16. The molecule has 7 heteroatoms. The Bertz CT molecular complexity index is 781. The van der Waals surface area contributed by atoms with E-state index in [-0.39, 0.29) is 11.8 Å². The maximum absolute atomic E-state index is 12.0. The van der Waals surface area contributed by atoms with Crippen LogP contribution in [0.15, 0.2) is 53.4 Å². The molecule has 0 aromatic heterocycles. The maximum Gasteiger partial charge on any atom is 0.239 e. The van der Waals surface area contributed by atoms with E-state index in [1.54, 1.807) is 11.8 Å². The molecule has 0 unspecified atom stereocenters. The smallest absolute Gasteiger partial charge is 0.239 e. The van der Waals surface area contributed by atoms with E-state index in [9.17, 15) is 9.59 Å². The normalized spacial score (nSPS) is 14.0. The van der Waals surface area contributed by atoms with Gasteiger partial charge >= 0.3 is 0 Å². The molecule has 1 saturated heterocycles. The summed E-state index contributed by atoms with van der Waals surface area (Å²) in [6.07, 6.45) is 0.467. The fourth-order valence-electron chi connectivity index (χ4n) is 2.77. The monoisotopic (exact) mass is 403 g/mol. The van der Waals surface area contributed by atoms with E-state index in [4.69, 9.17) is 11.6 Å². The summed E-state index contributed by atoms with van der Waals surface area (Å²) >= 11 is 7.50. The third kappa shape index (κ3) is 6.19. The van der Waals surface area contributed by atoms with Crippen LogP contribution >= 0.6 is 23.4 Å². The van der Waals surface area contributed by atoms with Gasteiger partial charge in [-0.25, -0.2) is 0 Å². The molecule has 3 rings (SSSR count). The fourth-order valence-corrected chi connectivity index (χ4v) is 3.74. The molecule has 2 aromatic carbocycles. The summed E-state index contributed by atoms with van der Waals surface area (Å²) in [4.78, 5) is 26.6. The summed E-state index contributed by atoms with van der Waals surface area (Å²) in [5.74, 6) is 0.811. The predicted molar refractivity (Wildman–Crippen MR) is 110 cm³/mol. The molecule has 142 valence electrons. The van der Waals surface area contributed by atoms with Crippen molar-refractivity contribution in [3.05, 3.63) is 59.1 Å². The number of halogens is 1. The van der Waals surface area contributed by atoms with Crippen molar-refractivity contribution in [1.29, 1.82) is 0 Å². The lowest BCUT2D eigenvalue weighted by molar-refractivity contribution is -0.121. The number of piperazine rings is 1. The number of carbonyl (C=O) groups is 2. The lowest BCUT2D eigenvalue weighted by Crippen LogP contribution is -2.47. The highest BCUT2D eigenvalue weighted by molar-refractivity contribution is 7.99. The number of hydrogen-bond donors (Lipinski definition) is 2. The number of benzene rings is 2. The number of thioether (sulfide) groups is 1. The molecule has 0 aliphatic carbocycles. The lowest BCUT2D eigenvalue weighted by atomic mass is 10.2. The summed E-state index contributed by atoms with van der Waals surface area (Å²) in [7, 11) is 0. The summed E-state index contributed by atoms with van der Waals surface area (Å²) in [5.41, 5.74) is 2.07. The minimum absolute atomic E-state index is 0.0354. The van der Waals surface area contributed by atoms with Crippen molar-refractivity contribution in [2.45, 2.75) is 17.9 Å². The Labute approximate surface area is 168 Å². The molecule has 1 fully saturated rings. The van der Waals surface area contributed by atoms with Gasteiger partial charge in [0.1, 0.15) is 0 Å². The second-order valence-corrected chi connectivity index (χ2v) is 7.87. The highest BCUT2D eigenvalue weighted by atomic mass is 35.5. The second kappa shape index (κ2) is 9.67. The SMILES string of the molecule is O=C(CCSc1ccc(Cl)cc1)NCc1ccc(N2CCNC(=O)C2)cc1. The number of anilines is 1. The van der Waals surface area contributed by atoms with Gasteiger partial charge in [-0.3, -0.25) is 9.59 Å². The number of rotatable bonds is 7. The van der Waals surface area contributed by atoms with Crippen molar-refractivity contribution < 1.29 is 9.59 Å². The topological polar surface area (TPSA) is 61.4 Å². The van der Waals surface area contributed by atoms with Crippen molar-refractivity contribution in [3.8, 4) is 0 Å². The van der Waals surface area contributed by atoms with E-state index in [0.717, 1.165) is 28.4 Å². The number of amides is 2. The minimum atomic E-state index is 0.0354. The van der Waals surface area contributed by atoms with Crippen LogP contribution in [0.25, 0.3) is 0 Å². The Morgan fingerprint density at radius 3 is 2.59 bits per heavy atom. The fraction of sp³-hybridized carbons (Fsp3) is 0.300. The van der Waals surface area contributed by atoms with Crippen LogP contribution in [0, 0.1) is 0 Å². The van der Waals surface area contributed by atoms with Gasteiger partial charge in [0.05, 0.1) is 6.54 Å². The molecule has 2 amide bonds. The Hall–Kier alpha value is -2.18. The largest absolute Gasteiger partial charge is 0.360 e. The maximum atomic E-state index is 12.0. The quantitative estimate of drug-likeness (QED) is 0.697. The van der Waals surface area contributed by atoms with Gasteiger partial charge in [0.15, 0.2) is 0 Å². The van der Waals surface area contributed by atoms with E-state index in [2.05, 4.69) is 15.5 Å². The van der Waals surface area contributed by atoms with Crippen molar-refractivity contribution in [2.75, 3.05) is 30.3 Å². The molecule has 0 saturated carbocycles. The van der Waals surface area contributed by atoms with Crippen molar-refractivity contribution in [3.63, 3.8) is 0 Å². The number of nitrogens with one attached hydrogen (secondary N) is 2. The standard InChI is InChI=1S/C20H22ClN3O2S/c21-16-3-7-18(8-4-16)27-12-9-19(25)23-13-15-1-5-17(6-2-15)24-11-10-22-20(26)14-24/h1-8H,9-14H2,(H,22,26)(H,23,25). The molecular formula is C20H22ClN3O2S. The van der Waals surface area contributed by atoms with Gasteiger partial charge in [-0.05, 0) is 42.0 Å². The Balaban J connectivity index is 1.39. The molecule has 5 nitrogen and oxygen atoms in total. The molecule has 0 bridgehead atoms. The van der Waals surface area contributed by atoms with Crippen molar-refractivity contribution >= 4 is 40.9 Å². The Morgan fingerprint density at radius 1 is 1.15 bits per heavy atom. The van der Waals surface area contributed by atoms with Crippen LogP contribution in [-0.2, 0) is 16.1 Å². The summed E-state index contributed by atoms with van der Waals surface area (Å²) in [6, 6.07) is 15.6. The van der Waals surface area contributed by atoms with Crippen molar-refractivity contribution in [1.82, 2.24) is 10.6 Å². The average Bonchev–Trinajstić information content (AvgIpc) is 2.68. The van der Waals surface area contributed by atoms with Crippen LogP contribution in [0.2, 0.25) is 5.02 Å². The van der Waals surface area contributed by atoms with Crippen LogP contribution in [-0.4, -0.2) is 37.2 Å². The van der Waals surface area contributed by atoms with Gasteiger partial charge in [-0.1, -0.05) is 23.7 Å². The molecule has 0 atom stereocenters. The van der Waals surface area contributed by atoms with E-state index in [1.165, 1.54) is 0 Å². The third-order valence-electron chi connectivity index (χ3n) is 4.24. The van der Waals surface area contributed by atoms with E-state index < -0.39 is 0 Å². The van der Waals surface area contributed by atoms with Gasteiger partial charge in [0, 0.05) is 47.4 Å². The first-order valence-corrected chi connectivity index (χ1v) is 10.2. The molecule has 1 heterocycles. The Morgan fingerprint density at radius 2 is 1.89 bits per heavy atom. The zero-order valence-electron chi connectivity index (χ0n) is 14.9. The number of nitrogens with zero attached hydrogens (tertiary/aromatic N) is 1. The first kappa shape index (κ1) is 19.6. The molecular weight excluding hydrogens is 382 g/mol. The summed E-state index contributed by atoms with van der Waals surface area (Å²) in [5, 5.41) is 6.48. The van der Waals surface area contributed by atoms with E-state index in [1.807, 2.05) is 48.5 Å². The minimum Gasteiger partial charge on any atom is -0.360 e. The highest BCUT2D eigenvalue weighted by Crippen LogP contribution is 2.21. The van der Waals surface area contributed by atoms with Gasteiger partial charge in [0.25, 0.3) is 0 Å². The molecule has 1 aliphatic heterocycles. The van der Waals surface area contributed by atoms with Gasteiger partial charge in [-0.2, -0.15) is 0 Å². The zero-order chi connectivity index (χ0) is 19.1. The van der Waals surface area contributed by atoms with Gasteiger partial charge < -0.3 is 15.5 Å². The second-order valence-electron chi connectivity index (χ2n) is 6.27. The molecule has 2 aromatic rings. The zero-order valence-corrected chi connectivity index (χ0v) is 16.5. The molecule has 27 heavy (non-hydrogen) atoms. The first-order valence-electron chi connectivity index (χ1n) is 8.86. The van der Waals surface area contributed by atoms with Crippen LogP contribution in [0.5, 0.6) is 0 Å². The third-order valence-corrected chi connectivity index (χ3v) is 5.51. The van der Waals surface area contributed by atoms with E-state index in [0.29, 0.717) is 31.1 Å².